The van der Waals surface area contributed by atoms with E-state index in [-0.39, 0.29) is 12.1 Å². The molecule has 1 unspecified atom stereocenters. The number of urea groups is 1. The van der Waals surface area contributed by atoms with Gasteiger partial charge >= 0.3 is 6.03 Å². The van der Waals surface area contributed by atoms with Gasteiger partial charge in [0.1, 0.15) is 5.82 Å². The quantitative estimate of drug-likeness (QED) is 0.672. The van der Waals surface area contributed by atoms with Crippen LogP contribution in [0, 0.1) is 0 Å². The van der Waals surface area contributed by atoms with E-state index in [0.29, 0.717) is 13.1 Å². The highest BCUT2D eigenvalue weighted by atomic mass is 16.2. The van der Waals surface area contributed by atoms with Gasteiger partial charge in [-0.05, 0) is 38.3 Å². The monoisotopic (exact) mass is 414 g/mol. The summed E-state index contributed by atoms with van der Waals surface area (Å²) in [5.74, 6) is 0.981. The summed E-state index contributed by atoms with van der Waals surface area (Å²) in [4.78, 5) is 23.7. The van der Waals surface area contributed by atoms with Crippen molar-refractivity contribution < 1.29 is 4.79 Å². The number of rotatable bonds is 8. The number of nitrogens with one attached hydrogen (secondary N) is 2. The summed E-state index contributed by atoms with van der Waals surface area (Å²) in [5.41, 5.74) is 2.12. The van der Waals surface area contributed by atoms with E-state index in [0.717, 1.165) is 49.7 Å². The standard InChI is InChI=1S/C21H34N8O/c1-5-28-8-10-29(11-9-28)20-12-17(6-7-22-20)13-23-21(30)24-15-19(26(2)3)18-14-25-27(4)16-18/h6-7,12,14,16,19H,5,8-11,13,15H2,1-4H3,(H2,23,24,30). The molecular formula is C21H34N8O. The molecule has 0 spiro atoms. The molecule has 1 atom stereocenters. The third-order valence-electron chi connectivity index (χ3n) is 5.60. The van der Waals surface area contributed by atoms with Crippen LogP contribution in [0.4, 0.5) is 10.6 Å². The predicted molar refractivity (Wildman–Crippen MR) is 118 cm³/mol. The molecule has 2 amide bonds. The Labute approximate surface area is 179 Å². The number of hydrogen-bond donors (Lipinski definition) is 2. The number of likely N-dealkylation sites (N-methyl/N-ethyl adjacent to an activating group) is 2. The van der Waals surface area contributed by atoms with Crippen LogP contribution in [0.3, 0.4) is 0 Å². The third kappa shape index (κ3) is 5.93. The highest BCUT2D eigenvalue weighted by Gasteiger charge is 2.18. The van der Waals surface area contributed by atoms with Gasteiger partial charge in [0.25, 0.3) is 0 Å². The molecule has 9 heteroatoms. The summed E-state index contributed by atoms with van der Waals surface area (Å²) < 4.78 is 1.77. The molecule has 1 fully saturated rings. The van der Waals surface area contributed by atoms with Crippen molar-refractivity contribution in [2.24, 2.45) is 7.05 Å². The van der Waals surface area contributed by atoms with E-state index < -0.39 is 0 Å². The minimum atomic E-state index is -0.180. The van der Waals surface area contributed by atoms with Crippen molar-refractivity contribution in [2.75, 3.05) is 58.3 Å². The Hall–Kier alpha value is -2.65. The van der Waals surface area contributed by atoms with Gasteiger partial charge in [-0.1, -0.05) is 6.92 Å². The number of anilines is 1. The van der Waals surface area contributed by atoms with Crippen LogP contribution in [-0.2, 0) is 13.6 Å². The summed E-state index contributed by atoms with van der Waals surface area (Å²) in [6.45, 7) is 8.36. The van der Waals surface area contributed by atoms with E-state index in [1.165, 1.54) is 0 Å². The summed E-state index contributed by atoms with van der Waals surface area (Å²) >= 11 is 0. The highest BCUT2D eigenvalue weighted by Crippen LogP contribution is 2.17. The SMILES string of the molecule is CCN1CCN(c2cc(CNC(=O)NCC(c3cnn(C)c3)N(C)C)ccn2)CC1. The number of carbonyl (C=O) groups excluding carboxylic acids is 1. The fourth-order valence-corrected chi connectivity index (χ4v) is 3.68. The molecule has 0 saturated carbocycles. The number of pyridine rings is 1. The van der Waals surface area contributed by atoms with E-state index in [1.807, 2.05) is 45.8 Å². The van der Waals surface area contributed by atoms with Gasteiger partial charge in [-0.25, -0.2) is 9.78 Å². The van der Waals surface area contributed by atoms with Crippen molar-refractivity contribution in [1.29, 1.82) is 0 Å². The first-order valence-electron chi connectivity index (χ1n) is 10.5. The second-order valence-electron chi connectivity index (χ2n) is 7.93. The van der Waals surface area contributed by atoms with Gasteiger partial charge in [-0.3, -0.25) is 4.68 Å². The molecule has 1 aliphatic heterocycles. The summed E-state index contributed by atoms with van der Waals surface area (Å²) in [6.07, 6.45) is 5.63. The number of hydrogen-bond acceptors (Lipinski definition) is 6. The molecule has 30 heavy (non-hydrogen) atoms. The minimum Gasteiger partial charge on any atom is -0.354 e. The lowest BCUT2D eigenvalue weighted by Crippen LogP contribution is -2.46. The number of aryl methyl sites for hydroxylation is 1. The number of nitrogens with zero attached hydrogens (tertiary/aromatic N) is 6. The van der Waals surface area contributed by atoms with Crippen LogP contribution in [0.2, 0.25) is 0 Å². The van der Waals surface area contributed by atoms with Crippen molar-refractivity contribution in [3.05, 3.63) is 41.9 Å². The molecular weight excluding hydrogens is 380 g/mol. The normalized spacial score (nSPS) is 16.0. The maximum atomic E-state index is 12.3. The Morgan fingerprint density at radius 1 is 1.23 bits per heavy atom. The topological polar surface area (TPSA) is 81.6 Å². The lowest BCUT2D eigenvalue weighted by molar-refractivity contribution is 0.232. The van der Waals surface area contributed by atoms with Crippen LogP contribution in [-0.4, -0.2) is 84.0 Å². The summed E-state index contributed by atoms with van der Waals surface area (Å²) in [7, 11) is 5.88. The Morgan fingerprint density at radius 3 is 2.63 bits per heavy atom. The van der Waals surface area contributed by atoms with Crippen LogP contribution in [0.5, 0.6) is 0 Å². The van der Waals surface area contributed by atoms with Gasteiger partial charge in [0.05, 0.1) is 12.2 Å². The number of piperazine rings is 1. The van der Waals surface area contributed by atoms with Crippen molar-refractivity contribution in [3.63, 3.8) is 0 Å². The molecule has 9 nitrogen and oxygen atoms in total. The van der Waals surface area contributed by atoms with Crippen LogP contribution in [0.15, 0.2) is 30.7 Å². The molecule has 2 N–H and O–H groups in total. The molecule has 2 aromatic heterocycles. The molecule has 3 rings (SSSR count). The van der Waals surface area contributed by atoms with Gasteiger partial charge in [0.15, 0.2) is 0 Å². The van der Waals surface area contributed by atoms with E-state index in [4.69, 9.17) is 0 Å². The second kappa shape index (κ2) is 10.4. The molecule has 2 aromatic rings. The second-order valence-corrected chi connectivity index (χ2v) is 7.93. The van der Waals surface area contributed by atoms with Gasteiger partial charge in [-0.2, -0.15) is 5.10 Å². The van der Waals surface area contributed by atoms with E-state index >= 15 is 0 Å². The van der Waals surface area contributed by atoms with E-state index in [9.17, 15) is 4.79 Å². The Kier molecular flexibility index (Phi) is 7.64. The average Bonchev–Trinajstić information content (AvgIpc) is 3.18. The maximum Gasteiger partial charge on any atom is 0.315 e. The molecule has 1 saturated heterocycles. The predicted octanol–water partition coefficient (Wildman–Crippen LogP) is 1.06. The zero-order chi connectivity index (χ0) is 21.5. The first-order valence-corrected chi connectivity index (χ1v) is 10.5. The first-order chi connectivity index (χ1) is 14.5. The Bertz CT molecular complexity index is 813. The number of carbonyl (C=O) groups is 1. The highest BCUT2D eigenvalue weighted by molar-refractivity contribution is 5.73. The molecule has 0 aromatic carbocycles. The van der Waals surface area contributed by atoms with E-state index in [2.05, 4.69) is 48.4 Å². The zero-order valence-electron chi connectivity index (χ0n) is 18.5. The molecule has 0 bridgehead atoms. The van der Waals surface area contributed by atoms with Gasteiger partial charge in [-0.15, -0.1) is 0 Å². The smallest absolute Gasteiger partial charge is 0.315 e. The van der Waals surface area contributed by atoms with Crippen molar-refractivity contribution in [1.82, 2.24) is 35.2 Å². The maximum absolute atomic E-state index is 12.3. The molecule has 3 heterocycles. The van der Waals surface area contributed by atoms with Crippen LogP contribution < -0.4 is 15.5 Å². The van der Waals surface area contributed by atoms with Crippen molar-refractivity contribution >= 4 is 11.8 Å². The van der Waals surface area contributed by atoms with Crippen LogP contribution in [0.1, 0.15) is 24.1 Å². The van der Waals surface area contributed by atoms with E-state index in [1.54, 1.807) is 4.68 Å². The van der Waals surface area contributed by atoms with Crippen molar-refractivity contribution in [3.8, 4) is 0 Å². The average molecular weight is 415 g/mol. The third-order valence-corrected chi connectivity index (χ3v) is 5.60. The fourth-order valence-electron chi connectivity index (χ4n) is 3.68. The largest absolute Gasteiger partial charge is 0.354 e. The first kappa shape index (κ1) is 22.0. The Morgan fingerprint density at radius 2 is 2.00 bits per heavy atom. The van der Waals surface area contributed by atoms with Gasteiger partial charge < -0.3 is 25.3 Å². The van der Waals surface area contributed by atoms with Crippen LogP contribution in [0.25, 0.3) is 0 Å². The molecule has 0 radical (unpaired) electrons. The molecule has 0 aliphatic carbocycles. The Balaban J connectivity index is 1.48. The zero-order valence-corrected chi connectivity index (χ0v) is 18.5. The van der Waals surface area contributed by atoms with Crippen molar-refractivity contribution in [2.45, 2.75) is 19.5 Å². The summed E-state index contributed by atoms with van der Waals surface area (Å²) in [6, 6.07) is 3.91. The fraction of sp³-hybridized carbons (Fsp3) is 0.571. The van der Waals surface area contributed by atoms with Gasteiger partial charge in [0, 0.05) is 64.3 Å². The minimum absolute atomic E-state index is 0.0683. The number of amides is 2. The van der Waals surface area contributed by atoms with Gasteiger partial charge in [0.2, 0.25) is 0 Å². The lowest BCUT2D eigenvalue weighted by atomic mass is 10.1. The summed E-state index contributed by atoms with van der Waals surface area (Å²) in [5, 5.41) is 10.2. The molecule has 1 aliphatic rings. The number of aromatic nitrogens is 3. The van der Waals surface area contributed by atoms with Crippen LogP contribution >= 0.6 is 0 Å². The lowest BCUT2D eigenvalue weighted by Gasteiger charge is -2.34. The molecule has 164 valence electrons.